The summed E-state index contributed by atoms with van der Waals surface area (Å²) >= 11 is 6.15. The van der Waals surface area contributed by atoms with E-state index >= 15 is 0 Å². The quantitative estimate of drug-likeness (QED) is 0.692. The summed E-state index contributed by atoms with van der Waals surface area (Å²) in [6.45, 7) is 0.243. The number of hydrogen-bond acceptors (Lipinski definition) is 3. The number of primary amides is 1. The average molecular weight is 406 g/mol. The van der Waals surface area contributed by atoms with E-state index in [0.717, 1.165) is 24.0 Å². The molecule has 1 aliphatic rings. The van der Waals surface area contributed by atoms with Crippen LogP contribution in [0.2, 0.25) is 5.02 Å². The first-order valence-corrected chi connectivity index (χ1v) is 9.80. The van der Waals surface area contributed by atoms with E-state index in [-0.39, 0.29) is 24.2 Å². The summed E-state index contributed by atoms with van der Waals surface area (Å²) in [6.07, 6.45) is 3.16. The summed E-state index contributed by atoms with van der Waals surface area (Å²) in [5.41, 5.74) is 9.15. The van der Waals surface area contributed by atoms with E-state index in [4.69, 9.17) is 17.3 Å². The van der Waals surface area contributed by atoms with Crippen molar-refractivity contribution in [3.8, 4) is 0 Å². The fourth-order valence-electron chi connectivity index (χ4n) is 3.93. The Hall–Kier alpha value is -3.18. The summed E-state index contributed by atoms with van der Waals surface area (Å²) in [6, 6.07) is 18.4. The molecular weight excluding hydrogens is 386 g/mol. The van der Waals surface area contributed by atoms with Crippen LogP contribution in [-0.2, 0) is 13.0 Å². The second-order valence-corrected chi connectivity index (χ2v) is 7.51. The van der Waals surface area contributed by atoms with Gasteiger partial charge in [0.1, 0.15) is 5.69 Å². The summed E-state index contributed by atoms with van der Waals surface area (Å²) in [5, 5.41) is 0.689. The fourth-order valence-corrected chi connectivity index (χ4v) is 4.12. The Morgan fingerprint density at radius 1 is 1.10 bits per heavy atom. The molecule has 146 valence electrons. The highest BCUT2D eigenvalue weighted by Gasteiger charge is 2.32. The molecule has 0 spiro atoms. The number of amides is 2. The lowest BCUT2D eigenvalue weighted by atomic mass is 10.0. The summed E-state index contributed by atoms with van der Waals surface area (Å²) in [7, 11) is 0. The van der Waals surface area contributed by atoms with Crippen molar-refractivity contribution < 1.29 is 9.59 Å². The van der Waals surface area contributed by atoms with Gasteiger partial charge in [-0.05, 0) is 54.3 Å². The highest BCUT2D eigenvalue weighted by molar-refractivity contribution is 6.30. The number of benzene rings is 2. The largest absolute Gasteiger partial charge is 0.364 e. The molecule has 0 bridgehead atoms. The molecule has 0 saturated carbocycles. The van der Waals surface area contributed by atoms with Gasteiger partial charge in [0, 0.05) is 28.9 Å². The van der Waals surface area contributed by atoms with E-state index in [0.29, 0.717) is 16.1 Å². The van der Waals surface area contributed by atoms with Gasteiger partial charge in [0.05, 0.1) is 6.04 Å². The molecule has 1 aromatic heterocycles. The minimum atomic E-state index is -0.605. The third kappa shape index (κ3) is 3.87. The van der Waals surface area contributed by atoms with Crippen molar-refractivity contribution in [3.63, 3.8) is 0 Å². The summed E-state index contributed by atoms with van der Waals surface area (Å²) in [4.78, 5) is 31.2. The van der Waals surface area contributed by atoms with Crippen molar-refractivity contribution in [1.29, 1.82) is 0 Å². The molecule has 1 heterocycles. The monoisotopic (exact) mass is 405 g/mol. The Labute approximate surface area is 174 Å². The van der Waals surface area contributed by atoms with Crippen molar-refractivity contribution in [1.82, 2.24) is 9.88 Å². The molecule has 0 unspecified atom stereocenters. The van der Waals surface area contributed by atoms with Crippen molar-refractivity contribution >= 4 is 23.4 Å². The third-order valence-electron chi connectivity index (χ3n) is 5.27. The summed E-state index contributed by atoms with van der Waals surface area (Å²) < 4.78 is 0. The van der Waals surface area contributed by atoms with E-state index in [1.807, 2.05) is 36.4 Å². The van der Waals surface area contributed by atoms with Crippen LogP contribution < -0.4 is 5.73 Å². The van der Waals surface area contributed by atoms with Gasteiger partial charge in [-0.1, -0.05) is 41.9 Å². The fraction of sp³-hybridized carbons (Fsp3) is 0.174. The van der Waals surface area contributed by atoms with Crippen molar-refractivity contribution in [2.45, 2.75) is 25.4 Å². The van der Waals surface area contributed by atoms with Gasteiger partial charge in [-0.3, -0.25) is 14.6 Å². The van der Waals surface area contributed by atoms with Crippen LogP contribution in [0.5, 0.6) is 0 Å². The van der Waals surface area contributed by atoms with E-state index in [9.17, 15) is 9.59 Å². The predicted octanol–water partition coefficient (Wildman–Crippen LogP) is 4.16. The third-order valence-corrected chi connectivity index (χ3v) is 5.51. The highest BCUT2D eigenvalue weighted by Crippen LogP contribution is 2.38. The number of nitrogens with two attached hydrogens (primary N) is 1. The number of aromatic nitrogens is 1. The molecule has 2 N–H and O–H groups in total. The molecule has 5 nitrogen and oxygen atoms in total. The van der Waals surface area contributed by atoms with Crippen LogP contribution in [0.25, 0.3) is 0 Å². The lowest BCUT2D eigenvalue weighted by Crippen LogP contribution is -2.34. The first-order chi connectivity index (χ1) is 14.0. The Balaban J connectivity index is 1.76. The van der Waals surface area contributed by atoms with E-state index in [2.05, 4.69) is 4.98 Å². The topological polar surface area (TPSA) is 76.3 Å². The molecule has 0 radical (unpaired) electrons. The lowest BCUT2D eigenvalue weighted by Gasteiger charge is -2.30. The standard InChI is InChI=1S/C23H20ClN3O2/c24-18-9-10-19-16(13-18)8-11-20(19)27(23(29)15-5-2-1-3-6-15)14-17-7-4-12-26-21(17)22(25)28/h1-7,9-10,12-13,20H,8,11,14H2,(H2,25,28)/t20-/m1/s1. The molecule has 2 aromatic carbocycles. The second kappa shape index (κ2) is 8.05. The zero-order valence-corrected chi connectivity index (χ0v) is 16.5. The Bertz CT molecular complexity index is 1070. The van der Waals surface area contributed by atoms with Crippen molar-refractivity contribution in [3.05, 3.63) is 99.8 Å². The van der Waals surface area contributed by atoms with Gasteiger partial charge < -0.3 is 10.6 Å². The molecule has 1 atom stereocenters. The molecule has 2 amide bonds. The van der Waals surface area contributed by atoms with E-state index in [1.54, 1.807) is 29.2 Å². The van der Waals surface area contributed by atoms with Crippen LogP contribution in [0, 0.1) is 0 Å². The molecule has 29 heavy (non-hydrogen) atoms. The van der Waals surface area contributed by atoms with Crippen LogP contribution in [0.15, 0.2) is 66.9 Å². The van der Waals surface area contributed by atoms with Gasteiger partial charge in [-0.15, -0.1) is 0 Å². The van der Waals surface area contributed by atoms with Gasteiger partial charge in [0.15, 0.2) is 0 Å². The smallest absolute Gasteiger partial charge is 0.267 e. The number of aryl methyl sites for hydroxylation is 1. The molecule has 0 fully saturated rings. The maximum absolute atomic E-state index is 13.5. The minimum absolute atomic E-state index is 0.0994. The van der Waals surface area contributed by atoms with Gasteiger partial charge in [0.25, 0.3) is 11.8 Å². The molecule has 0 saturated heterocycles. The molecule has 6 heteroatoms. The minimum Gasteiger partial charge on any atom is -0.364 e. The van der Waals surface area contributed by atoms with Crippen molar-refractivity contribution in [2.75, 3.05) is 0 Å². The number of nitrogens with zero attached hydrogens (tertiary/aromatic N) is 2. The number of fused-ring (bicyclic) bond motifs is 1. The Kier molecular flexibility index (Phi) is 5.32. The summed E-state index contributed by atoms with van der Waals surface area (Å²) in [5.74, 6) is -0.705. The first-order valence-electron chi connectivity index (χ1n) is 9.42. The maximum atomic E-state index is 13.5. The Morgan fingerprint density at radius 3 is 2.66 bits per heavy atom. The lowest BCUT2D eigenvalue weighted by molar-refractivity contribution is 0.0656. The van der Waals surface area contributed by atoms with Crippen LogP contribution in [0.1, 0.15) is 50.0 Å². The highest BCUT2D eigenvalue weighted by atomic mass is 35.5. The first kappa shape index (κ1) is 19.2. The number of halogens is 1. The second-order valence-electron chi connectivity index (χ2n) is 7.07. The van der Waals surface area contributed by atoms with Gasteiger partial charge >= 0.3 is 0 Å². The van der Waals surface area contributed by atoms with Gasteiger partial charge in [0.2, 0.25) is 0 Å². The number of rotatable bonds is 5. The zero-order chi connectivity index (χ0) is 20.4. The number of pyridine rings is 1. The SMILES string of the molecule is NC(=O)c1ncccc1CN(C(=O)c1ccccc1)[C@@H]1CCc2cc(Cl)ccc21. The molecule has 0 aliphatic heterocycles. The van der Waals surface area contributed by atoms with E-state index in [1.165, 1.54) is 6.20 Å². The molecule has 1 aliphatic carbocycles. The van der Waals surface area contributed by atoms with Crippen LogP contribution in [0.3, 0.4) is 0 Å². The Morgan fingerprint density at radius 2 is 1.90 bits per heavy atom. The predicted molar refractivity (Wildman–Crippen MR) is 112 cm³/mol. The van der Waals surface area contributed by atoms with Gasteiger partial charge in [-0.25, -0.2) is 0 Å². The van der Waals surface area contributed by atoms with Gasteiger partial charge in [-0.2, -0.15) is 0 Å². The number of hydrogen-bond donors (Lipinski definition) is 1. The number of carbonyl (C=O) groups is 2. The van der Waals surface area contributed by atoms with Crippen LogP contribution in [-0.4, -0.2) is 21.7 Å². The zero-order valence-electron chi connectivity index (χ0n) is 15.7. The van der Waals surface area contributed by atoms with Crippen LogP contribution in [0.4, 0.5) is 0 Å². The average Bonchev–Trinajstić information content (AvgIpc) is 3.15. The maximum Gasteiger partial charge on any atom is 0.267 e. The van der Waals surface area contributed by atoms with Crippen molar-refractivity contribution in [2.24, 2.45) is 5.73 Å². The molecular formula is C23H20ClN3O2. The molecule has 3 aromatic rings. The normalized spacial score (nSPS) is 15.0. The molecule has 4 rings (SSSR count). The van der Waals surface area contributed by atoms with E-state index < -0.39 is 5.91 Å². The van der Waals surface area contributed by atoms with Crippen LogP contribution >= 0.6 is 11.6 Å². The number of carbonyl (C=O) groups excluding carboxylic acids is 2.